The molecule has 0 aliphatic heterocycles. The molecule has 1 aromatic carbocycles. The maximum absolute atomic E-state index is 12.1. The van der Waals surface area contributed by atoms with Gasteiger partial charge in [0.15, 0.2) is 0 Å². The summed E-state index contributed by atoms with van der Waals surface area (Å²) in [5.74, 6) is -0.807. The lowest BCUT2D eigenvalue weighted by atomic mass is 10.2. The van der Waals surface area contributed by atoms with Crippen LogP contribution in [0.4, 0.5) is 5.69 Å². The van der Waals surface area contributed by atoms with E-state index in [0.717, 1.165) is 14.8 Å². The van der Waals surface area contributed by atoms with Crippen molar-refractivity contribution in [2.45, 2.75) is 6.92 Å². The van der Waals surface area contributed by atoms with Crippen molar-refractivity contribution in [3.8, 4) is 0 Å². The fraction of sp³-hybridized carbons (Fsp3) is 0.133. The summed E-state index contributed by atoms with van der Waals surface area (Å²) in [4.78, 5) is 27.4. The molecule has 0 saturated carbocycles. The first kappa shape index (κ1) is 15.4. The van der Waals surface area contributed by atoms with Crippen molar-refractivity contribution in [1.29, 1.82) is 0 Å². The first-order chi connectivity index (χ1) is 10.0. The average molecular weight is 396 g/mol. The number of hydrogen-bond donors (Lipinski definition) is 1. The van der Waals surface area contributed by atoms with Crippen LogP contribution in [-0.2, 0) is 4.74 Å². The van der Waals surface area contributed by atoms with Crippen LogP contribution >= 0.6 is 22.6 Å². The third kappa shape index (κ3) is 3.78. The predicted molar refractivity (Wildman–Crippen MR) is 87.4 cm³/mol. The van der Waals surface area contributed by atoms with Gasteiger partial charge in [0.25, 0.3) is 5.91 Å². The van der Waals surface area contributed by atoms with Gasteiger partial charge in [0.1, 0.15) is 5.69 Å². The summed E-state index contributed by atoms with van der Waals surface area (Å²) in [6.45, 7) is 1.92. The van der Waals surface area contributed by atoms with E-state index in [9.17, 15) is 9.59 Å². The normalized spacial score (nSPS) is 10.0. The number of methoxy groups -OCH3 is 1. The maximum Gasteiger partial charge on any atom is 0.339 e. The van der Waals surface area contributed by atoms with Crippen molar-refractivity contribution in [2.24, 2.45) is 0 Å². The number of aryl methyl sites for hydroxylation is 1. The van der Waals surface area contributed by atoms with Crippen LogP contribution in [-0.4, -0.2) is 24.0 Å². The van der Waals surface area contributed by atoms with Gasteiger partial charge in [-0.15, -0.1) is 0 Å². The Bertz CT molecular complexity index is 684. The van der Waals surface area contributed by atoms with Crippen LogP contribution in [0.1, 0.15) is 26.4 Å². The van der Waals surface area contributed by atoms with Crippen molar-refractivity contribution in [3.05, 3.63) is 56.9 Å². The Labute approximate surface area is 135 Å². The minimum Gasteiger partial charge on any atom is -0.465 e. The second-order valence-electron chi connectivity index (χ2n) is 4.34. The molecule has 0 radical (unpaired) electrons. The van der Waals surface area contributed by atoms with Crippen molar-refractivity contribution in [3.63, 3.8) is 0 Å². The minimum atomic E-state index is -0.483. The second-order valence-corrected chi connectivity index (χ2v) is 5.58. The molecule has 21 heavy (non-hydrogen) atoms. The van der Waals surface area contributed by atoms with Crippen molar-refractivity contribution in [1.82, 2.24) is 4.98 Å². The summed E-state index contributed by atoms with van der Waals surface area (Å²) in [6, 6.07) is 8.73. The number of halogens is 1. The van der Waals surface area contributed by atoms with Crippen LogP contribution in [0.2, 0.25) is 0 Å². The highest BCUT2D eigenvalue weighted by molar-refractivity contribution is 14.1. The molecule has 2 rings (SSSR count). The van der Waals surface area contributed by atoms with Gasteiger partial charge in [-0.1, -0.05) is 0 Å². The average Bonchev–Trinajstić information content (AvgIpc) is 2.49. The van der Waals surface area contributed by atoms with Crippen molar-refractivity contribution in [2.75, 3.05) is 12.4 Å². The van der Waals surface area contributed by atoms with Crippen LogP contribution in [0.15, 0.2) is 36.5 Å². The van der Waals surface area contributed by atoms with Gasteiger partial charge in [-0.3, -0.25) is 9.78 Å². The fourth-order valence-electron chi connectivity index (χ4n) is 1.72. The molecule has 5 nitrogen and oxygen atoms in total. The number of benzene rings is 1. The van der Waals surface area contributed by atoms with E-state index in [1.165, 1.54) is 25.4 Å². The number of amides is 1. The number of ether oxygens (including phenoxy) is 1. The van der Waals surface area contributed by atoms with Crippen LogP contribution in [0.25, 0.3) is 0 Å². The molecule has 0 atom stereocenters. The SMILES string of the molecule is COC(=O)c1ccc(C(=O)Nc2ccc(I)cc2C)nc1. The van der Waals surface area contributed by atoms with Gasteiger partial charge in [-0.2, -0.15) is 0 Å². The zero-order chi connectivity index (χ0) is 15.4. The van der Waals surface area contributed by atoms with Gasteiger partial charge in [-0.25, -0.2) is 4.79 Å². The third-order valence-corrected chi connectivity index (χ3v) is 3.52. The Morgan fingerprint density at radius 1 is 1.24 bits per heavy atom. The summed E-state index contributed by atoms with van der Waals surface area (Å²) in [5, 5.41) is 2.80. The molecule has 0 fully saturated rings. The molecule has 2 aromatic rings. The number of pyridine rings is 1. The van der Waals surface area contributed by atoms with Crippen molar-refractivity contribution < 1.29 is 14.3 Å². The highest BCUT2D eigenvalue weighted by atomic mass is 127. The molecular formula is C15H13IN2O3. The van der Waals surface area contributed by atoms with Gasteiger partial charge in [0.2, 0.25) is 0 Å². The number of nitrogens with one attached hydrogen (secondary N) is 1. The molecule has 0 spiro atoms. The van der Waals surface area contributed by atoms with Crippen LogP contribution in [0, 0.1) is 10.5 Å². The molecule has 0 bridgehead atoms. The highest BCUT2D eigenvalue weighted by Crippen LogP contribution is 2.18. The minimum absolute atomic E-state index is 0.237. The zero-order valence-electron chi connectivity index (χ0n) is 11.5. The lowest BCUT2D eigenvalue weighted by molar-refractivity contribution is 0.0600. The molecule has 6 heteroatoms. The van der Waals surface area contributed by atoms with E-state index >= 15 is 0 Å². The van der Waals surface area contributed by atoms with E-state index < -0.39 is 5.97 Å². The Balaban J connectivity index is 2.15. The predicted octanol–water partition coefficient (Wildman–Crippen LogP) is 3.03. The van der Waals surface area contributed by atoms with Gasteiger partial charge < -0.3 is 10.1 Å². The number of esters is 1. The van der Waals surface area contributed by atoms with Gasteiger partial charge in [-0.05, 0) is 65.4 Å². The number of aromatic nitrogens is 1. The van der Waals surface area contributed by atoms with E-state index in [0.29, 0.717) is 5.56 Å². The van der Waals surface area contributed by atoms with Crippen LogP contribution in [0.5, 0.6) is 0 Å². The number of carbonyl (C=O) groups excluding carboxylic acids is 2. The highest BCUT2D eigenvalue weighted by Gasteiger charge is 2.11. The largest absolute Gasteiger partial charge is 0.465 e. The van der Waals surface area contributed by atoms with E-state index in [-0.39, 0.29) is 11.6 Å². The first-order valence-electron chi connectivity index (χ1n) is 6.13. The Hall–Kier alpha value is -1.96. The molecule has 0 unspecified atom stereocenters. The van der Waals surface area contributed by atoms with Crippen LogP contribution in [0.3, 0.4) is 0 Å². The Morgan fingerprint density at radius 2 is 2.00 bits per heavy atom. The monoisotopic (exact) mass is 396 g/mol. The van der Waals surface area contributed by atoms with Gasteiger partial charge >= 0.3 is 5.97 Å². The summed E-state index contributed by atoms with van der Waals surface area (Å²) in [5.41, 5.74) is 2.25. The lowest BCUT2D eigenvalue weighted by Gasteiger charge is -2.08. The Kier molecular flexibility index (Phi) is 4.89. The number of rotatable bonds is 3. The number of carbonyl (C=O) groups is 2. The molecule has 1 heterocycles. The summed E-state index contributed by atoms with van der Waals surface area (Å²) in [7, 11) is 1.29. The molecule has 0 aliphatic rings. The fourth-order valence-corrected chi connectivity index (χ4v) is 2.37. The van der Waals surface area contributed by atoms with Gasteiger partial charge in [0, 0.05) is 15.5 Å². The van der Waals surface area contributed by atoms with Crippen molar-refractivity contribution >= 4 is 40.2 Å². The number of anilines is 1. The summed E-state index contributed by atoms with van der Waals surface area (Å²) >= 11 is 2.21. The maximum atomic E-state index is 12.1. The number of hydrogen-bond acceptors (Lipinski definition) is 4. The molecule has 0 aliphatic carbocycles. The molecule has 1 amide bonds. The molecule has 1 aromatic heterocycles. The lowest BCUT2D eigenvalue weighted by Crippen LogP contribution is -2.15. The standard InChI is InChI=1S/C15H13IN2O3/c1-9-7-11(16)4-6-12(9)18-14(19)13-5-3-10(8-17-13)15(20)21-2/h3-8H,1-2H3,(H,18,19). The van der Waals surface area contributed by atoms with E-state index in [4.69, 9.17) is 0 Å². The number of nitrogens with zero attached hydrogens (tertiary/aromatic N) is 1. The van der Waals surface area contributed by atoms with E-state index in [2.05, 4.69) is 37.6 Å². The first-order valence-corrected chi connectivity index (χ1v) is 7.21. The second kappa shape index (κ2) is 6.66. The quantitative estimate of drug-likeness (QED) is 0.640. The van der Waals surface area contributed by atoms with Gasteiger partial charge in [0.05, 0.1) is 12.7 Å². The molecule has 0 saturated heterocycles. The Morgan fingerprint density at radius 3 is 2.57 bits per heavy atom. The smallest absolute Gasteiger partial charge is 0.339 e. The third-order valence-electron chi connectivity index (χ3n) is 2.85. The molecule has 108 valence electrons. The van der Waals surface area contributed by atoms with E-state index in [1.54, 1.807) is 0 Å². The summed E-state index contributed by atoms with van der Waals surface area (Å²) < 4.78 is 5.68. The molecular weight excluding hydrogens is 383 g/mol. The van der Waals surface area contributed by atoms with Crippen LogP contribution < -0.4 is 5.32 Å². The van der Waals surface area contributed by atoms with E-state index in [1.807, 2.05) is 25.1 Å². The molecule has 1 N–H and O–H groups in total. The summed E-state index contributed by atoms with van der Waals surface area (Å²) in [6.07, 6.45) is 1.32. The topological polar surface area (TPSA) is 68.3 Å². The zero-order valence-corrected chi connectivity index (χ0v) is 13.7.